The number of hydrogen-bond donors (Lipinski definition) is 3. The van der Waals surface area contributed by atoms with Gasteiger partial charge in [0.2, 0.25) is 0 Å². The van der Waals surface area contributed by atoms with Crippen LogP contribution in [0, 0.1) is 0 Å². The molecule has 0 aliphatic carbocycles. The van der Waals surface area contributed by atoms with Crippen molar-refractivity contribution in [3.63, 3.8) is 0 Å². The standard InChI is InChI=1S/C4H11NO.C4H10O/c1-4(2,5)3-6;1-3-4(2)5/h6H,3,5H2,1-2H3;4-5H,3H2,1-2H3. The molecule has 0 bridgehead atoms. The van der Waals surface area contributed by atoms with Crippen LogP contribution in [0.25, 0.3) is 0 Å². The van der Waals surface area contributed by atoms with Gasteiger partial charge in [-0.2, -0.15) is 0 Å². The van der Waals surface area contributed by atoms with E-state index < -0.39 is 5.54 Å². The molecule has 1 atom stereocenters. The van der Waals surface area contributed by atoms with Gasteiger partial charge in [0.1, 0.15) is 0 Å². The summed E-state index contributed by atoms with van der Waals surface area (Å²) in [5.41, 5.74) is 4.88. The predicted octanol–water partition coefficient (Wildman–Crippen LogP) is 0.493. The van der Waals surface area contributed by atoms with Gasteiger partial charge in [0.15, 0.2) is 0 Å². The summed E-state index contributed by atoms with van der Waals surface area (Å²) in [4.78, 5) is 0. The maximum absolute atomic E-state index is 8.36. The highest BCUT2D eigenvalue weighted by atomic mass is 16.3. The molecular formula is C8H21NO2. The Morgan fingerprint density at radius 2 is 1.64 bits per heavy atom. The van der Waals surface area contributed by atoms with E-state index in [9.17, 15) is 0 Å². The SMILES string of the molecule is CC(C)(N)CO.CCC(C)O. The van der Waals surface area contributed by atoms with Crippen LogP contribution in [0.3, 0.4) is 0 Å². The average molecular weight is 163 g/mol. The van der Waals surface area contributed by atoms with Gasteiger partial charge in [-0.3, -0.25) is 0 Å². The number of nitrogens with two attached hydrogens (primary N) is 1. The number of aliphatic hydroxyl groups excluding tert-OH is 2. The summed E-state index contributed by atoms with van der Waals surface area (Å²) in [6.45, 7) is 7.32. The largest absolute Gasteiger partial charge is 0.394 e. The molecule has 4 N–H and O–H groups in total. The quantitative estimate of drug-likeness (QED) is 0.555. The Hall–Kier alpha value is -0.120. The van der Waals surface area contributed by atoms with Crippen molar-refractivity contribution in [1.82, 2.24) is 0 Å². The Morgan fingerprint density at radius 3 is 1.64 bits per heavy atom. The van der Waals surface area contributed by atoms with Crippen LogP contribution < -0.4 is 5.73 Å². The predicted molar refractivity (Wildman–Crippen MR) is 47.3 cm³/mol. The van der Waals surface area contributed by atoms with Gasteiger partial charge in [-0.25, -0.2) is 0 Å². The average Bonchev–Trinajstić information content (AvgIpc) is 1.88. The smallest absolute Gasteiger partial charge is 0.0605 e. The second-order valence-electron chi connectivity index (χ2n) is 3.40. The van der Waals surface area contributed by atoms with E-state index in [1.165, 1.54) is 0 Å². The molecule has 0 aromatic carbocycles. The molecule has 11 heavy (non-hydrogen) atoms. The fourth-order valence-electron chi connectivity index (χ4n) is 0. The number of hydrogen-bond acceptors (Lipinski definition) is 3. The Bertz CT molecular complexity index is 76.7. The van der Waals surface area contributed by atoms with Crippen molar-refractivity contribution >= 4 is 0 Å². The first-order valence-corrected chi connectivity index (χ1v) is 3.91. The lowest BCUT2D eigenvalue weighted by molar-refractivity contribution is 0.191. The molecule has 3 heteroatoms. The fraction of sp³-hybridized carbons (Fsp3) is 1.00. The van der Waals surface area contributed by atoms with Gasteiger partial charge < -0.3 is 15.9 Å². The van der Waals surface area contributed by atoms with E-state index in [4.69, 9.17) is 15.9 Å². The first kappa shape index (κ1) is 13.5. The third-order valence-corrected chi connectivity index (χ3v) is 0.998. The van der Waals surface area contributed by atoms with Crippen molar-refractivity contribution in [3.8, 4) is 0 Å². The van der Waals surface area contributed by atoms with Gasteiger partial charge in [-0.05, 0) is 27.2 Å². The number of aliphatic hydroxyl groups is 2. The molecule has 3 nitrogen and oxygen atoms in total. The van der Waals surface area contributed by atoms with E-state index in [1.54, 1.807) is 20.8 Å². The maximum atomic E-state index is 8.36. The maximum Gasteiger partial charge on any atom is 0.0605 e. The van der Waals surface area contributed by atoms with Crippen LogP contribution in [0.4, 0.5) is 0 Å². The third-order valence-electron chi connectivity index (χ3n) is 0.998. The van der Waals surface area contributed by atoms with E-state index in [1.807, 2.05) is 6.92 Å². The van der Waals surface area contributed by atoms with Gasteiger partial charge in [-0.1, -0.05) is 6.92 Å². The second-order valence-corrected chi connectivity index (χ2v) is 3.40. The van der Waals surface area contributed by atoms with E-state index >= 15 is 0 Å². The van der Waals surface area contributed by atoms with Crippen molar-refractivity contribution in [2.24, 2.45) is 5.73 Å². The van der Waals surface area contributed by atoms with Crippen molar-refractivity contribution < 1.29 is 10.2 Å². The molecule has 0 spiro atoms. The second kappa shape index (κ2) is 6.58. The van der Waals surface area contributed by atoms with Crippen LogP contribution in [0.2, 0.25) is 0 Å². The fourth-order valence-corrected chi connectivity index (χ4v) is 0. The molecule has 0 aromatic heterocycles. The van der Waals surface area contributed by atoms with Gasteiger partial charge in [0.05, 0.1) is 12.7 Å². The Balaban J connectivity index is 0. The normalized spacial score (nSPS) is 13.4. The van der Waals surface area contributed by atoms with Crippen molar-refractivity contribution in [1.29, 1.82) is 0 Å². The summed E-state index contributed by atoms with van der Waals surface area (Å²) in [6.07, 6.45) is 0.745. The van der Waals surface area contributed by atoms with E-state index in [0.29, 0.717) is 0 Å². The summed E-state index contributed by atoms with van der Waals surface area (Å²) in [5, 5.41) is 16.6. The van der Waals surface area contributed by atoms with Crippen LogP contribution >= 0.6 is 0 Å². The molecule has 0 aliphatic rings. The molecule has 0 aromatic rings. The first-order chi connectivity index (χ1) is 4.83. The molecule has 0 radical (unpaired) electrons. The topological polar surface area (TPSA) is 66.5 Å². The van der Waals surface area contributed by atoms with Crippen LogP contribution in [0.5, 0.6) is 0 Å². The zero-order chi connectivity index (χ0) is 9.49. The lowest BCUT2D eigenvalue weighted by Gasteiger charge is -2.12. The lowest BCUT2D eigenvalue weighted by Crippen LogP contribution is -2.35. The van der Waals surface area contributed by atoms with E-state index in [2.05, 4.69) is 0 Å². The Morgan fingerprint density at radius 1 is 1.45 bits per heavy atom. The lowest BCUT2D eigenvalue weighted by atomic mass is 10.1. The van der Waals surface area contributed by atoms with Crippen LogP contribution in [-0.2, 0) is 0 Å². The molecule has 0 heterocycles. The minimum atomic E-state index is -0.403. The summed E-state index contributed by atoms with van der Waals surface area (Å²) in [6, 6.07) is 0. The van der Waals surface area contributed by atoms with Gasteiger partial charge in [0, 0.05) is 5.54 Å². The van der Waals surface area contributed by atoms with Crippen molar-refractivity contribution in [2.75, 3.05) is 6.61 Å². The zero-order valence-corrected chi connectivity index (χ0v) is 7.96. The molecule has 0 fully saturated rings. The molecule has 0 rings (SSSR count). The van der Waals surface area contributed by atoms with Gasteiger partial charge in [-0.15, -0.1) is 0 Å². The molecule has 0 aliphatic heterocycles. The highest BCUT2D eigenvalue weighted by Gasteiger charge is 2.05. The van der Waals surface area contributed by atoms with Crippen LogP contribution in [-0.4, -0.2) is 28.5 Å². The molecular weight excluding hydrogens is 142 g/mol. The molecule has 70 valence electrons. The minimum absolute atomic E-state index is 0.0486. The monoisotopic (exact) mass is 163 g/mol. The highest BCUT2D eigenvalue weighted by Crippen LogP contribution is 1.90. The van der Waals surface area contributed by atoms with Crippen LogP contribution in [0.1, 0.15) is 34.1 Å². The first-order valence-electron chi connectivity index (χ1n) is 3.91. The Kier molecular flexibility index (Phi) is 8.06. The molecule has 1 unspecified atom stereocenters. The highest BCUT2D eigenvalue weighted by molar-refractivity contribution is 4.67. The molecule has 0 saturated carbocycles. The third kappa shape index (κ3) is 25.8. The number of rotatable bonds is 2. The zero-order valence-electron chi connectivity index (χ0n) is 7.96. The van der Waals surface area contributed by atoms with Gasteiger partial charge >= 0.3 is 0 Å². The van der Waals surface area contributed by atoms with Crippen LogP contribution in [0.15, 0.2) is 0 Å². The van der Waals surface area contributed by atoms with E-state index in [-0.39, 0.29) is 12.7 Å². The summed E-state index contributed by atoms with van der Waals surface area (Å²) in [7, 11) is 0. The van der Waals surface area contributed by atoms with E-state index in [0.717, 1.165) is 6.42 Å². The minimum Gasteiger partial charge on any atom is -0.394 e. The van der Waals surface area contributed by atoms with Crippen molar-refractivity contribution in [2.45, 2.75) is 45.8 Å². The Labute approximate surface area is 69.2 Å². The van der Waals surface area contributed by atoms with Gasteiger partial charge in [0.25, 0.3) is 0 Å². The summed E-state index contributed by atoms with van der Waals surface area (Å²) >= 11 is 0. The molecule has 0 amide bonds. The molecule has 0 saturated heterocycles. The summed E-state index contributed by atoms with van der Waals surface area (Å²) in [5.74, 6) is 0. The summed E-state index contributed by atoms with van der Waals surface area (Å²) < 4.78 is 0. The van der Waals surface area contributed by atoms with Crippen molar-refractivity contribution in [3.05, 3.63) is 0 Å².